The van der Waals surface area contributed by atoms with Gasteiger partial charge in [-0.2, -0.15) is 0 Å². The highest BCUT2D eigenvalue weighted by Crippen LogP contribution is 2.18. The first-order valence-corrected chi connectivity index (χ1v) is 6.38. The molecule has 0 aliphatic carbocycles. The molecule has 0 saturated heterocycles. The minimum absolute atomic E-state index is 0.0717. The maximum atomic E-state index is 11.8. The second kappa shape index (κ2) is 6.55. The third-order valence-electron chi connectivity index (χ3n) is 3.55. The summed E-state index contributed by atoms with van der Waals surface area (Å²) >= 11 is 0. The van der Waals surface area contributed by atoms with Gasteiger partial charge in [-0.1, -0.05) is 12.1 Å². The number of benzene rings is 1. The van der Waals surface area contributed by atoms with Crippen molar-refractivity contribution in [3.8, 4) is 0 Å². The van der Waals surface area contributed by atoms with Gasteiger partial charge in [-0.15, -0.1) is 0 Å². The molecule has 1 aromatic carbocycles. The summed E-state index contributed by atoms with van der Waals surface area (Å²) in [7, 11) is 1.81. The topological polar surface area (TPSA) is 40.5 Å². The first-order chi connectivity index (χ1) is 8.47. The van der Waals surface area contributed by atoms with E-state index in [1.807, 2.05) is 7.05 Å². The van der Waals surface area contributed by atoms with Crippen LogP contribution < -0.4 is 0 Å². The van der Waals surface area contributed by atoms with E-state index in [1.165, 1.54) is 22.3 Å². The van der Waals surface area contributed by atoms with Crippen molar-refractivity contribution in [3.05, 3.63) is 34.4 Å². The number of hydrogen-bond donors (Lipinski definition) is 1. The largest absolute Gasteiger partial charge is 0.396 e. The van der Waals surface area contributed by atoms with Crippen LogP contribution in [0.3, 0.4) is 0 Å². The second-order valence-corrected chi connectivity index (χ2v) is 4.87. The summed E-state index contributed by atoms with van der Waals surface area (Å²) < 4.78 is 0. The minimum atomic E-state index is 0.0717. The van der Waals surface area contributed by atoms with Crippen LogP contribution in [0.1, 0.15) is 35.1 Å². The molecule has 0 aliphatic rings. The minimum Gasteiger partial charge on any atom is -0.396 e. The molecule has 0 fully saturated rings. The van der Waals surface area contributed by atoms with Crippen molar-refractivity contribution in [2.45, 2.75) is 40.2 Å². The lowest BCUT2D eigenvalue weighted by molar-refractivity contribution is -0.130. The van der Waals surface area contributed by atoms with Crippen molar-refractivity contribution in [2.75, 3.05) is 13.7 Å². The van der Waals surface area contributed by atoms with Crippen LogP contribution >= 0.6 is 0 Å². The van der Waals surface area contributed by atoms with E-state index in [-0.39, 0.29) is 12.5 Å². The molecule has 0 atom stereocenters. The maximum absolute atomic E-state index is 11.8. The number of carbonyl (C=O) groups excluding carboxylic acids is 1. The number of aliphatic hydroxyl groups is 1. The monoisotopic (exact) mass is 249 g/mol. The summed E-state index contributed by atoms with van der Waals surface area (Å²) in [6, 6.07) is 4.19. The highest BCUT2D eigenvalue weighted by atomic mass is 16.3. The molecule has 0 saturated carbocycles. The molecule has 1 rings (SSSR count). The Bertz CT molecular complexity index is 427. The van der Waals surface area contributed by atoms with Gasteiger partial charge in [0, 0.05) is 26.6 Å². The van der Waals surface area contributed by atoms with Gasteiger partial charge in [0.2, 0.25) is 5.91 Å². The fourth-order valence-electron chi connectivity index (χ4n) is 1.95. The van der Waals surface area contributed by atoms with Crippen LogP contribution in [-0.4, -0.2) is 29.6 Å². The third-order valence-corrected chi connectivity index (χ3v) is 3.55. The molecule has 1 aromatic rings. The summed E-state index contributed by atoms with van der Waals surface area (Å²) in [5, 5.41) is 8.73. The molecule has 0 aliphatic heterocycles. The summed E-state index contributed by atoms with van der Waals surface area (Å²) in [5.74, 6) is 0.0849. The number of rotatable bonds is 5. The van der Waals surface area contributed by atoms with Crippen LogP contribution in [0, 0.1) is 20.8 Å². The lowest BCUT2D eigenvalue weighted by Gasteiger charge is -2.20. The first kappa shape index (κ1) is 14.7. The van der Waals surface area contributed by atoms with Crippen LogP contribution in [-0.2, 0) is 11.3 Å². The summed E-state index contributed by atoms with van der Waals surface area (Å²) in [4.78, 5) is 13.5. The standard InChI is InChI=1S/C15H23NO2/c1-11-7-8-14(13(3)12(11)2)10-16(4)15(18)6-5-9-17/h7-8,17H,5-6,9-10H2,1-4H3. The van der Waals surface area contributed by atoms with Crippen molar-refractivity contribution in [3.63, 3.8) is 0 Å². The van der Waals surface area contributed by atoms with Gasteiger partial charge < -0.3 is 10.0 Å². The average Bonchev–Trinajstić information content (AvgIpc) is 2.36. The Morgan fingerprint density at radius 1 is 1.22 bits per heavy atom. The second-order valence-electron chi connectivity index (χ2n) is 4.87. The molecule has 3 nitrogen and oxygen atoms in total. The van der Waals surface area contributed by atoms with E-state index in [0.29, 0.717) is 19.4 Å². The van der Waals surface area contributed by atoms with Gasteiger partial charge in [-0.3, -0.25) is 4.79 Å². The molecule has 0 spiro atoms. The van der Waals surface area contributed by atoms with Crippen molar-refractivity contribution in [1.82, 2.24) is 4.90 Å². The van der Waals surface area contributed by atoms with E-state index in [2.05, 4.69) is 32.9 Å². The van der Waals surface area contributed by atoms with Crippen molar-refractivity contribution < 1.29 is 9.90 Å². The number of hydrogen-bond acceptors (Lipinski definition) is 2. The van der Waals surface area contributed by atoms with Crippen molar-refractivity contribution >= 4 is 5.91 Å². The van der Waals surface area contributed by atoms with Crippen LogP contribution in [0.15, 0.2) is 12.1 Å². The lowest BCUT2D eigenvalue weighted by atomic mass is 9.98. The molecule has 0 aromatic heterocycles. The number of aliphatic hydroxyl groups excluding tert-OH is 1. The van der Waals surface area contributed by atoms with E-state index in [1.54, 1.807) is 4.90 Å². The van der Waals surface area contributed by atoms with Gasteiger partial charge in [0.15, 0.2) is 0 Å². The van der Waals surface area contributed by atoms with Gasteiger partial charge in [-0.25, -0.2) is 0 Å². The van der Waals surface area contributed by atoms with Crippen LogP contribution in [0.5, 0.6) is 0 Å². The Morgan fingerprint density at radius 3 is 2.50 bits per heavy atom. The Kier molecular flexibility index (Phi) is 5.35. The Hall–Kier alpha value is -1.35. The van der Waals surface area contributed by atoms with Gasteiger partial charge in [0.25, 0.3) is 0 Å². The zero-order chi connectivity index (χ0) is 13.7. The molecular weight excluding hydrogens is 226 g/mol. The summed E-state index contributed by atoms with van der Waals surface area (Å²) in [6.45, 7) is 7.02. The molecule has 0 unspecified atom stereocenters. The molecule has 1 N–H and O–H groups in total. The molecule has 100 valence electrons. The zero-order valence-electron chi connectivity index (χ0n) is 11.8. The average molecular weight is 249 g/mol. The summed E-state index contributed by atoms with van der Waals surface area (Å²) in [5.41, 5.74) is 5.03. The molecule has 0 heterocycles. The van der Waals surface area contributed by atoms with E-state index >= 15 is 0 Å². The van der Waals surface area contributed by atoms with Crippen LogP contribution in [0.25, 0.3) is 0 Å². The lowest BCUT2D eigenvalue weighted by Crippen LogP contribution is -2.26. The number of amides is 1. The molecule has 0 bridgehead atoms. The summed E-state index contributed by atoms with van der Waals surface area (Å²) in [6.07, 6.45) is 0.950. The van der Waals surface area contributed by atoms with E-state index in [9.17, 15) is 4.79 Å². The first-order valence-electron chi connectivity index (χ1n) is 6.38. The molecule has 18 heavy (non-hydrogen) atoms. The Morgan fingerprint density at radius 2 is 1.89 bits per heavy atom. The SMILES string of the molecule is Cc1ccc(CN(C)C(=O)CCCO)c(C)c1C. The molecule has 3 heteroatoms. The smallest absolute Gasteiger partial charge is 0.222 e. The van der Waals surface area contributed by atoms with Crippen LogP contribution in [0.4, 0.5) is 0 Å². The van der Waals surface area contributed by atoms with Gasteiger partial charge in [-0.05, 0) is 49.4 Å². The predicted molar refractivity (Wildman–Crippen MR) is 73.4 cm³/mol. The zero-order valence-corrected chi connectivity index (χ0v) is 11.8. The maximum Gasteiger partial charge on any atom is 0.222 e. The van der Waals surface area contributed by atoms with Gasteiger partial charge in [0.05, 0.1) is 0 Å². The highest BCUT2D eigenvalue weighted by Gasteiger charge is 2.11. The van der Waals surface area contributed by atoms with E-state index < -0.39 is 0 Å². The molecule has 1 amide bonds. The number of aryl methyl sites for hydroxylation is 1. The van der Waals surface area contributed by atoms with E-state index in [4.69, 9.17) is 5.11 Å². The van der Waals surface area contributed by atoms with Crippen molar-refractivity contribution in [2.24, 2.45) is 0 Å². The van der Waals surface area contributed by atoms with Gasteiger partial charge >= 0.3 is 0 Å². The van der Waals surface area contributed by atoms with Gasteiger partial charge in [0.1, 0.15) is 0 Å². The quantitative estimate of drug-likeness (QED) is 0.870. The van der Waals surface area contributed by atoms with Crippen LogP contribution in [0.2, 0.25) is 0 Å². The number of nitrogens with zero attached hydrogens (tertiary/aromatic N) is 1. The predicted octanol–water partition coefficient (Wildman–Crippen LogP) is 2.34. The molecule has 0 radical (unpaired) electrons. The fraction of sp³-hybridized carbons (Fsp3) is 0.533. The normalized spacial score (nSPS) is 10.5. The fourth-order valence-corrected chi connectivity index (χ4v) is 1.95. The molecular formula is C15H23NO2. The Labute approximate surface area is 109 Å². The third kappa shape index (κ3) is 3.57. The number of carbonyl (C=O) groups is 1. The van der Waals surface area contributed by atoms with Crippen molar-refractivity contribution in [1.29, 1.82) is 0 Å². The Balaban J connectivity index is 2.73. The van der Waals surface area contributed by atoms with E-state index in [0.717, 1.165) is 0 Å². The highest BCUT2D eigenvalue weighted by molar-refractivity contribution is 5.75.